The predicted octanol–water partition coefficient (Wildman–Crippen LogP) is 1.88. The van der Waals surface area contributed by atoms with Crippen molar-refractivity contribution in [2.75, 3.05) is 0 Å². The van der Waals surface area contributed by atoms with E-state index in [1.54, 1.807) is 10.9 Å². The van der Waals surface area contributed by atoms with Gasteiger partial charge in [-0.15, -0.1) is 0 Å². The van der Waals surface area contributed by atoms with Crippen molar-refractivity contribution < 1.29 is 0 Å². The maximum absolute atomic E-state index is 5.56. The third-order valence-electron chi connectivity index (χ3n) is 2.69. The molecule has 0 atom stereocenters. The molecule has 4 nitrogen and oxygen atoms in total. The van der Waals surface area contributed by atoms with E-state index in [9.17, 15) is 0 Å². The molecule has 17 heavy (non-hydrogen) atoms. The summed E-state index contributed by atoms with van der Waals surface area (Å²) >= 11 is 0. The molecule has 0 spiro atoms. The zero-order chi connectivity index (χ0) is 11.7. The average molecular weight is 224 g/mol. The molecule has 84 valence electrons. The Bertz CT molecular complexity index is 657. The van der Waals surface area contributed by atoms with Crippen LogP contribution in [0.15, 0.2) is 48.8 Å². The summed E-state index contributed by atoms with van der Waals surface area (Å²) in [5.74, 6) is 0.809. The van der Waals surface area contributed by atoms with E-state index < -0.39 is 0 Å². The lowest BCUT2D eigenvalue weighted by atomic mass is 10.2. The predicted molar refractivity (Wildman–Crippen MR) is 66.8 cm³/mol. The van der Waals surface area contributed by atoms with E-state index in [-0.39, 0.29) is 0 Å². The van der Waals surface area contributed by atoms with E-state index >= 15 is 0 Å². The minimum Gasteiger partial charge on any atom is -0.326 e. The summed E-state index contributed by atoms with van der Waals surface area (Å²) in [7, 11) is 0. The first-order chi connectivity index (χ1) is 8.36. The van der Waals surface area contributed by atoms with Crippen molar-refractivity contribution >= 4 is 10.9 Å². The minimum absolute atomic E-state index is 0.494. The topological polar surface area (TPSA) is 56.7 Å². The normalized spacial score (nSPS) is 10.9. The molecule has 3 rings (SSSR count). The number of hydrogen-bond acceptors (Lipinski definition) is 3. The van der Waals surface area contributed by atoms with Crippen molar-refractivity contribution in [1.82, 2.24) is 14.8 Å². The van der Waals surface area contributed by atoms with Crippen LogP contribution in [-0.2, 0) is 6.54 Å². The van der Waals surface area contributed by atoms with Crippen LogP contribution in [0.2, 0.25) is 0 Å². The highest BCUT2D eigenvalue weighted by Crippen LogP contribution is 2.14. The fourth-order valence-electron chi connectivity index (χ4n) is 1.77. The molecule has 0 aliphatic carbocycles. The Morgan fingerprint density at radius 3 is 2.82 bits per heavy atom. The lowest BCUT2D eigenvalue weighted by molar-refractivity contribution is 0.852. The summed E-state index contributed by atoms with van der Waals surface area (Å²) in [6.45, 7) is 0.494. The molecule has 2 heterocycles. The average Bonchev–Trinajstić information content (AvgIpc) is 2.87. The van der Waals surface area contributed by atoms with Crippen molar-refractivity contribution in [3.63, 3.8) is 0 Å². The van der Waals surface area contributed by atoms with Gasteiger partial charge < -0.3 is 5.73 Å². The molecule has 2 aromatic heterocycles. The summed E-state index contributed by atoms with van der Waals surface area (Å²) in [5, 5.41) is 5.37. The molecule has 0 fully saturated rings. The SMILES string of the molecule is NCc1cnn(-c2ccc3ccccc3n2)c1. The van der Waals surface area contributed by atoms with Gasteiger partial charge >= 0.3 is 0 Å². The first-order valence-electron chi connectivity index (χ1n) is 5.46. The van der Waals surface area contributed by atoms with Crippen LogP contribution in [-0.4, -0.2) is 14.8 Å². The van der Waals surface area contributed by atoms with Crippen LogP contribution >= 0.6 is 0 Å². The summed E-state index contributed by atoms with van der Waals surface area (Å²) in [6, 6.07) is 12.0. The van der Waals surface area contributed by atoms with Crippen LogP contribution in [0.25, 0.3) is 16.7 Å². The van der Waals surface area contributed by atoms with E-state index in [2.05, 4.69) is 10.1 Å². The maximum Gasteiger partial charge on any atom is 0.154 e. The molecular formula is C13H12N4. The monoisotopic (exact) mass is 224 g/mol. The number of nitrogens with two attached hydrogens (primary N) is 1. The maximum atomic E-state index is 5.56. The summed E-state index contributed by atoms with van der Waals surface area (Å²) < 4.78 is 1.74. The Hall–Kier alpha value is -2.20. The van der Waals surface area contributed by atoms with Gasteiger partial charge in [-0.25, -0.2) is 9.67 Å². The standard InChI is InChI=1S/C13H12N4/c14-7-10-8-15-17(9-10)13-6-5-11-3-1-2-4-12(11)16-13/h1-6,8-9H,7,14H2. The second-order valence-electron chi connectivity index (χ2n) is 3.86. The number of rotatable bonds is 2. The molecule has 1 aromatic carbocycles. The van der Waals surface area contributed by atoms with Gasteiger partial charge in [0.2, 0.25) is 0 Å². The lowest BCUT2D eigenvalue weighted by Gasteiger charge is -2.02. The second-order valence-corrected chi connectivity index (χ2v) is 3.86. The number of hydrogen-bond donors (Lipinski definition) is 1. The summed E-state index contributed by atoms with van der Waals surface area (Å²) in [5.41, 5.74) is 7.53. The fourth-order valence-corrected chi connectivity index (χ4v) is 1.77. The molecule has 0 amide bonds. The van der Waals surface area contributed by atoms with Gasteiger partial charge in [-0.05, 0) is 18.2 Å². The third kappa shape index (κ3) is 1.79. The van der Waals surface area contributed by atoms with Crippen molar-refractivity contribution in [3.8, 4) is 5.82 Å². The zero-order valence-corrected chi connectivity index (χ0v) is 9.24. The molecule has 4 heteroatoms. The van der Waals surface area contributed by atoms with Crippen LogP contribution in [0.5, 0.6) is 0 Å². The van der Waals surface area contributed by atoms with Gasteiger partial charge in [0.25, 0.3) is 0 Å². The number of pyridine rings is 1. The van der Waals surface area contributed by atoms with Crippen LogP contribution in [0.3, 0.4) is 0 Å². The summed E-state index contributed by atoms with van der Waals surface area (Å²) in [6.07, 6.45) is 3.66. The Balaban J connectivity index is 2.11. The van der Waals surface area contributed by atoms with Crippen molar-refractivity contribution in [1.29, 1.82) is 0 Å². The van der Waals surface area contributed by atoms with E-state index in [0.29, 0.717) is 6.54 Å². The number of benzene rings is 1. The van der Waals surface area contributed by atoms with Gasteiger partial charge in [-0.3, -0.25) is 0 Å². The summed E-state index contributed by atoms with van der Waals surface area (Å²) in [4.78, 5) is 4.55. The minimum atomic E-state index is 0.494. The number of para-hydroxylation sites is 1. The molecule has 0 bridgehead atoms. The van der Waals surface area contributed by atoms with Crippen LogP contribution < -0.4 is 5.73 Å². The first kappa shape index (κ1) is 9.99. The lowest BCUT2D eigenvalue weighted by Crippen LogP contribution is -1.98. The molecule has 0 aliphatic heterocycles. The first-order valence-corrected chi connectivity index (χ1v) is 5.46. The Morgan fingerprint density at radius 1 is 1.12 bits per heavy atom. The molecule has 0 radical (unpaired) electrons. The van der Waals surface area contributed by atoms with E-state index in [1.807, 2.05) is 42.6 Å². The molecule has 0 unspecified atom stereocenters. The largest absolute Gasteiger partial charge is 0.326 e. The van der Waals surface area contributed by atoms with E-state index in [0.717, 1.165) is 22.3 Å². The van der Waals surface area contributed by atoms with E-state index in [1.165, 1.54) is 0 Å². The Kier molecular flexibility index (Phi) is 2.34. The van der Waals surface area contributed by atoms with Gasteiger partial charge in [-0.2, -0.15) is 5.10 Å². The van der Waals surface area contributed by atoms with Gasteiger partial charge in [-0.1, -0.05) is 18.2 Å². The van der Waals surface area contributed by atoms with Crippen LogP contribution in [0, 0.1) is 0 Å². The molecule has 3 aromatic rings. The third-order valence-corrected chi connectivity index (χ3v) is 2.69. The molecule has 2 N–H and O–H groups in total. The highest BCUT2D eigenvalue weighted by Gasteiger charge is 2.02. The fraction of sp³-hybridized carbons (Fsp3) is 0.0769. The second kappa shape index (κ2) is 3.99. The van der Waals surface area contributed by atoms with Crippen molar-refractivity contribution in [2.45, 2.75) is 6.54 Å². The molecule has 0 saturated carbocycles. The zero-order valence-electron chi connectivity index (χ0n) is 9.24. The highest BCUT2D eigenvalue weighted by molar-refractivity contribution is 5.79. The van der Waals surface area contributed by atoms with Crippen molar-refractivity contribution in [2.24, 2.45) is 5.73 Å². The van der Waals surface area contributed by atoms with Gasteiger partial charge in [0, 0.05) is 23.7 Å². The van der Waals surface area contributed by atoms with Crippen molar-refractivity contribution in [3.05, 3.63) is 54.4 Å². The van der Waals surface area contributed by atoms with Gasteiger partial charge in [0.1, 0.15) is 0 Å². The molecular weight excluding hydrogens is 212 g/mol. The quantitative estimate of drug-likeness (QED) is 0.723. The van der Waals surface area contributed by atoms with Crippen LogP contribution in [0.4, 0.5) is 0 Å². The van der Waals surface area contributed by atoms with Gasteiger partial charge in [0.05, 0.1) is 11.7 Å². The molecule has 0 saturated heterocycles. The smallest absolute Gasteiger partial charge is 0.154 e. The Morgan fingerprint density at radius 2 is 2.00 bits per heavy atom. The molecule has 0 aliphatic rings. The number of aromatic nitrogens is 3. The number of nitrogens with zero attached hydrogens (tertiary/aromatic N) is 3. The Labute approximate surface area is 98.7 Å². The van der Waals surface area contributed by atoms with E-state index in [4.69, 9.17) is 5.73 Å². The number of fused-ring (bicyclic) bond motifs is 1. The highest BCUT2D eigenvalue weighted by atomic mass is 15.3. The van der Waals surface area contributed by atoms with Gasteiger partial charge in [0.15, 0.2) is 5.82 Å². The van der Waals surface area contributed by atoms with Crippen LogP contribution in [0.1, 0.15) is 5.56 Å².